The number of ether oxygens (including phenoxy) is 1. The molecule has 0 amide bonds. The van der Waals surface area contributed by atoms with Crippen molar-refractivity contribution in [3.05, 3.63) is 70.7 Å². The third-order valence-corrected chi connectivity index (χ3v) is 5.56. The summed E-state index contributed by atoms with van der Waals surface area (Å²) in [5.41, 5.74) is 1.06. The third kappa shape index (κ3) is 4.49. The summed E-state index contributed by atoms with van der Waals surface area (Å²) in [6.45, 7) is 5.53. The zero-order valence-corrected chi connectivity index (χ0v) is 16.6. The predicted molar refractivity (Wildman–Crippen MR) is 115 cm³/mol. The van der Waals surface area contributed by atoms with Gasteiger partial charge in [-0.3, -0.25) is 4.90 Å². The molecule has 1 heterocycles. The number of hydrogen-bond acceptors (Lipinski definition) is 3. The molecule has 1 fully saturated rings. The highest BCUT2D eigenvalue weighted by atomic mass is 35.5. The first-order valence-electron chi connectivity index (χ1n) is 9.23. The number of fused-ring (bicyclic) bond motifs is 1. The number of hydrogen-bond donors (Lipinski definition) is 0. The molecule has 1 aliphatic rings. The number of nitrogens with zero attached hydrogens (tertiary/aromatic N) is 2. The second-order valence-corrected chi connectivity index (χ2v) is 7.63. The van der Waals surface area contributed by atoms with Crippen LogP contribution in [0.2, 0.25) is 10.0 Å². The Bertz CT molecular complexity index is 923. The van der Waals surface area contributed by atoms with Gasteiger partial charge in [0.15, 0.2) is 0 Å². The molecule has 0 aromatic heterocycles. The quantitative estimate of drug-likeness (QED) is 0.574. The van der Waals surface area contributed by atoms with Gasteiger partial charge in [0.2, 0.25) is 0 Å². The summed E-state index contributed by atoms with van der Waals surface area (Å²) >= 11 is 12.3. The Morgan fingerprint density at radius 3 is 2.37 bits per heavy atom. The fourth-order valence-electron chi connectivity index (χ4n) is 3.50. The van der Waals surface area contributed by atoms with E-state index in [-0.39, 0.29) is 0 Å². The Morgan fingerprint density at radius 2 is 1.59 bits per heavy atom. The van der Waals surface area contributed by atoms with Gasteiger partial charge in [0.05, 0.1) is 10.7 Å². The molecule has 0 atom stereocenters. The number of piperazine rings is 1. The summed E-state index contributed by atoms with van der Waals surface area (Å²) in [5, 5.41) is 3.84. The van der Waals surface area contributed by atoms with Crippen LogP contribution in [0.15, 0.2) is 60.7 Å². The minimum atomic E-state index is 0.674. The van der Waals surface area contributed by atoms with Crippen LogP contribution in [0, 0.1) is 0 Å². The van der Waals surface area contributed by atoms with Crippen LogP contribution in [0.1, 0.15) is 0 Å². The first-order valence-corrected chi connectivity index (χ1v) is 9.98. The molecule has 0 unspecified atom stereocenters. The topological polar surface area (TPSA) is 15.7 Å². The van der Waals surface area contributed by atoms with Gasteiger partial charge in [0, 0.05) is 37.7 Å². The first kappa shape index (κ1) is 18.4. The van der Waals surface area contributed by atoms with E-state index in [0.717, 1.165) is 49.2 Å². The number of benzene rings is 3. The standard InChI is InChI=1S/C22H22Cl2N2O/c23-19-6-8-22(21(24)16-19)26-11-9-25(10-12-26)13-14-27-20-7-5-17-3-1-2-4-18(17)15-20/h1-8,15-16H,9-14H2. The molecule has 0 saturated carbocycles. The Balaban J connectivity index is 1.26. The van der Waals surface area contributed by atoms with Crippen LogP contribution in [0.5, 0.6) is 5.75 Å². The summed E-state index contributed by atoms with van der Waals surface area (Å²) in [6, 6.07) is 20.3. The van der Waals surface area contributed by atoms with E-state index >= 15 is 0 Å². The zero-order valence-electron chi connectivity index (χ0n) is 15.1. The van der Waals surface area contributed by atoms with Crippen molar-refractivity contribution in [2.45, 2.75) is 0 Å². The maximum atomic E-state index is 6.33. The molecule has 0 N–H and O–H groups in total. The number of anilines is 1. The SMILES string of the molecule is Clc1ccc(N2CCN(CCOc3ccc4ccccc4c3)CC2)c(Cl)c1. The lowest BCUT2D eigenvalue weighted by Crippen LogP contribution is -2.47. The van der Waals surface area contributed by atoms with E-state index in [1.165, 1.54) is 10.8 Å². The van der Waals surface area contributed by atoms with Crippen molar-refractivity contribution in [1.82, 2.24) is 4.90 Å². The van der Waals surface area contributed by atoms with Gasteiger partial charge in [-0.1, -0.05) is 53.5 Å². The normalized spacial score (nSPS) is 15.3. The third-order valence-electron chi connectivity index (χ3n) is 5.02. The first-order chi connectivity index (χ1) is 13.2. The van der Waals surface area contributed by atoms with Crippen LogP contribution < -0.4 is 9.64 Å². The van der Waals surface area contributed by atoms with Gasteiger partial charge in [0.1, 0.15) is 12.4 Å². The van der Waals surface area contributed by atoms with Crippen LogP contribution in [-0.2, 0) is 0 Å². The van der Waals surface area contributed by atoms with Crippen LogP contribution in [0.4, 0.5) is 5.69 Å². The zero-order chi connectivity index (χ0) is 18.6. The average molecular weight is 401 g/mol. The van der Waals surface area contributed by atoms with Crippen molar-refractivity contribution in [3.8, 4) is 5.75 Å². The molecule has 4 rings (SSSR count). The molecule has 3 nitrogen and oxygen atoms in total. The molecule has 140 valence electrons. The van der Waals surface area contributed by atoms with E-state index < -0.39 is 0 Å². The summed E-state index contributed by atoms with van der Waals surface area (Å²) in [7, 11) is 0. The summed E-state index contributed by atoms with van der Waals surface area (Å²) in [6.07, 6.45) is 0. The van der Waals surface area contributed by atoms with E-state index in [2.05, 4.69) is 46.2 Å². The molecule has 5 heteroatoms. The van der Waals surface area contributed by atoms with Crippen molar-refractivity contribution < 1.29 is 4.74 Å². The van der Waals surface area contributed by atoms with Gasteiger partial charge in [-0.15, -0.1) is 0 Å². The Kier molecular flexibility index (Phi) is 5.72. The predicted octanol–water partition coefficient (Wildman–Crippen LogP) is 5.35. The lowest BCUT2D eigenvalue weighted by atomic mass is 10.1. The van der Waals surface area contributed by atoms with E-state index in [0.29, 0.717) is 11.6 Å². The molecule has 0 spiro atoms. The van der Waals surface area contributed by atoms with Crippen LogP contribution in [0.3, 0.4) is 0 Å². The van der Waals surface area contributed by atoms with E-state index in [9.17, 15) is 0 Å². The Hall–Kier alpha value is -1.94. The van der Waals surface area contributed by atoms with Gasteiger partial charge in [-0.05, 0) is 41.1 Å². The second kappa shape index (κ2) is 8.39. The summed E-state index contributed by atoms with van der Waals surface area (Å²) < 4.78 is 5.97. The van der Waals surface area contributed by atoms with Crippen molar-refractivity contribution in [1.29, 1.82) is 0 Å². The second-order valence-electron chi connectivity index (χ2n) is 6.78. The van der Waals surface area contributed by atoms with Crippen molar-refractivity contribution >= 4 is 39.7 Å². The van der Waals surface area contributed by atoms with Crippen molar-refractivity contribution in [2.75, 3.05) is 44.2 Å². The minimum absolute atomic E-state index is 0.674. The molecule has 0 aliphatic carbocycles. The molecular formula is C22H22Cl2N2O. The van der Waals surface area contributed by atoms with Gasteiger partial charge < -0.3 is 9.64 Å². The molecule has 3 aromatic rings. The van der Waals surface area contributed by atoms with Crippen molar-refractivity contribution in [2.24, 2.45) is 0 Å². The lowest BCUT2D eigenvalue weighted by Gasteiger charge is -2.36. The highest BCUT2D eigenvalue weighted by molar-refractivity contribution is 6.36. The summed E-state index contributed by atoms with van der Waals surface area (Å²) in [4.78, 5) is 4.75. The maximum absolute atomic E-state index is 6.33. The van der Waals surface area contributed by atoms with Gasteiger partial charge >= 0.3 is 0 Å². The molecule has 0 radical (unpaired) electrons. The van der Waals surface area contributed by atoms with Gasteiger partial charge in [-0.2, -0.15) is 0 Å². The van der Waals surface area contributed by atoms with Crippen molar-refractivity contribution in [3.63, 3.8) is 0 Å². The van der Waals surface area contributed by atoms with Crippen LogP contribution in [-0.4, -0.2) is 44.2 Å². The molecular weight excluding hydrogens is 379 g/mol. The van der Waals surface area contributed by atoms with E-state index in [1.807, 2.05) is 24.3 Å². The largest absolute Gasteiger partial charge is 0.492 e. The fourth-order valence-corrected chi connectivity index (χ4v) is 4.03. The van der Waals surface area contributed by atoms with Gasteiger partial charge in [0.25, 0.3) is 0 Å². The smallest absolute Gasteiger partial charge is 0.120 e. The number of rotatable bonds is 5. The van der Waals surface area contributed by atoms with E-state index in [1.54, 1.807) is 0 Å². The lowest BCUT2D eigenvalue weighted by molar-refractivity contribution is 0.200. The monoisotopic (exact) mass is 400 g/mol. The molecule has 1 aliphatic heterocycles. The Labute approximate surface area is 170 Å². The highest BCUT2D eigenvalue weighted by Gasteiger charge is 2.18. The maximum Gasteiger partial charge on any atom is 0.120 e. The minimum Gasteiger partial charge on any atom is -0.492 e. The van der Waals surface area contributed by atoms with Crippen LogP contribution in [0.25, 0.3) is 10.8 Å². The number of halogens is 2. The molecule has 27 heavy (non-hydrogen) atoms. The average Bonchev–Trinajstić information content (AvgIpc) is 2.69. The Morgan fingerprint density at radius 1 is 0.815 bits per heavy atom. The van der Waals surface area contributed by atoms with Crippen LogP contribution >= 0.6 is 23.2 Å². The summed E-state index contributed by atoms with van der Waals surface area (Å²) in [5.74, 6) is 0.931. The molecule has 3 aromatic carbocycles. The fraction of sp³-hybridized carbons (Fsp3) is 0.273. The highest BCUT2D eigenvalue weighted by Crippen LogP contribution is 2.29. The molecule has 1 saturated heterocycles. The molecule has 0 bridgehead atoms. The van der Waals surface area contributed by atoms with Gasteiger partial charge in [-0.25, -0.2) is 0 Å². The van der Waals surface area contributed by atoms with E-state index in [4.69, 9.17) is 27.9 Å².